The monoisotopic (exact) mass is 446 g/mol. The Bertz CT molecular complexity index is 1400. The number of ketones is 1. The molecule has 0 saturated carbocycles. The van der Waals surface area contributed by atoms with Crippen molar-refractivity contribution in [3.8, 4) is 5.75 Å². The molecule has 0 saturated heterocycles. The van der Waals surface area contributed by atoms with Crippen LogP contribution in [0.15, 0.2) is 70.5 Å². The number of aryl methyl sites for hydroxylation is 2. The van der Waals surface area contributed by atoms with Crippen molar-refractivity contribution in [1.82, 2.24) is 4.98 Å². The van der Waals surface area contributed by atoms with Gasteiger partial charge in [-0.1, -0.05) is 29.5 Å². The number of thiazole rings is 1. The lowest BCUT2D eigenvalue weighted by Gasteiger charge is -2.24. The van der Waals surface area contributed by atoms with Crippen LogP contribution in [0.25, 0.3) is 10.2 Å². The predicted octanol–water partition coefficient (Wildman–Crippen LogP) is 4.99. The third-order valence-electron chi connectivity index (χ3n) is 5.43. The zero-order chi connectivity index (χ0) is 22.6. The number of aliphatic hydroxyl groups excluding tert-OH is 1. The van der Waals surface area contributed by atoms with Crippen molar-refractivity contribution in [3.05, 3.63) is 88.6 Å². The first kappa shape index (κ1) is 20.0. The molecule has 0 radical (unpaired) electrons. The van der Waals surface area contributed by atoms with Crippen molar-refractivity contribution in [2.75, 3.05) is 4.90 Å². The normalized spacial score (nSPS) is 16.4. The Labute approximate surface area is 186 Å². The highest BCUT2D eigenvalue weighted by atomic mass is 32.1. The van der Waals surface area contributed by atoms with E-state index in [1.54, 1.807) is 18.2 Å². The zero-order valence-electron chi connectivity index (χ0n) is 17.2. The van der Waals surface area contributed by atoms with E-state index in [9.17, 15) is 19.8 Å². The summed E-state index contributed by atoms with van der Waals surface area (Å²) in [6, 6.07) is 12.3. The fourth-order valence-electron chi connectivity index (χ4n) is 4.01. The van der Waals surface area contributed by atoms with Crippen LogP contribution in [0.3, 0.4) is 0 Å². The summed E-state index contributed by atoms with van der Waals surface area (Å²) in [6.07, 6.45) is 1.35. The first-order valence-electron chi connectivity index (χ1n) is 9.86. The molecule has 1 amide bonds. The average Bonchev–Trinajstić information content (AvgIpc) is 3.48. The van der Waals surface area contributed by atoms with Gasteiger partial charge in [0.25, 0.3) is 5.91 Å². The molecule has 8 heteroatoms. The Balaban J connectivity index is 1.70. The average molecular weight is 446 g/mol. The smallest absolute Gasteiger partial charge is 0.296 e. The molecule has 7 nitrogen and oxygen atoms in total. The summed E-state index contributed by atoms with van der Waals surface area (Å²) in [4.78, 5) is 32.4. The molecule has 0 unspecified atom stereocenters. The Morgan fingerprint density at radius 2 is 1.88 bits per heavy atom. The maximum Gasteiger partial charge on any atom is 0.296 e. The molecule has 32 heavy (non-hydrogen) atoms. The molecule has 2 N–H and O–H groups in total. The summed E-state index contributed by atoms with van der Waals surface area (Å²) in [5, 5.41) is 20.9. The van der Waals surface area contributed by atoms with E-state index in [4.69, 9.17) is 4.42 Å². The van der Waals surface area contributed by atoms with E-state index >= 15 is 0 Å². The third kappa shape index (κ3) is 3.07. The molecule has 1 aliphatic rings. The number of hydrogen-bond acceptors (Lipinski definition) is 7. The predicted molar refractivity (Wildman–Crippen MR) is 120 cm³/mol. The molecule has 0 aliphatic carbocycles. The molecule has 2 aromatic heterocycles. The van der Waals surface area contributed by atoms with Gasteiger partial charge in [-0.25, -0.2) is 4.98 Å². The molecule has 0 fully saturated rings. The van der Waals surface area contributed by atoms with Gasteiger partial charge in [-0.05, 0) is 60.9 Å². The van der Waals surface area contributed by atoms with Crippen LogP contribution in [0.2, 0.25) is 0 Å². The summed E-state index contributed by atoms with van der Waals surface area (Å²) in [5.74, 6) is -1.89. The largest absolute Gasteiger partial charge is 0.508 e. The van der Waals surface area contributed by atoms with Crippen molar-refractivity contribution in [1.29, 1.82) is 0 Å². The van der Waals surface area contributed by atoms with Gasteiger partial charge >= 0.3 is 0 Å². The number of phenols is 1. The number of Topliss-reactive ketones (excluding diaryl/α,β-unsaturated/α-hetero) is 1. The van der Waals surface area contributed by atoms with E-state index in [1.165, 1.54) is 40.7 Å². The Kier molecular flexibility index (Phi) is 4.60. The zero-order valence-corrected chi connectivity index (χ0v) is 18.0. The SMILES string of the molecule is Cc1cc(C)c2nc(N3C(=O)C(O)=C(C(=O)c4ccco4)[C@@H]3c3ccc(O)cc3)sc2c1. The summed E-state index contributed by atoms with van der Waals surface area (Å²) in [7, 11) is 0. The minimum atomic E-state index is -0.928. The number of hydrogen-bond donors (Lipinski definition) is 2. The van der Waals surface area contributed by atoms with Gasteiger partial charge in [0.05, 0.1) is 28.1 Å². The number of carbonyl (C=O) groups is 2. The molecule has 5 rings (SSSR count). The number of rotatable bonds is 4. The maximum atomic E-state index is 13.2. The van der Waals surface area contributed by atoms with Crippen LogP contribution in [0.5, 0.6) is 5.75 Å². The number of benzene rings is 2. The van der Waals surface area contributed by atoms with Gasteiger partial charge in [0, 0.05) is 0 Å². The van der Waals surface area contributed by atoms with E-state index < -0.39 is 23.5 Å². The van der Waals surface area contributed by atoms with E-state index in [1.807, 2.05) is 26.0 Å². The van der Waals surface area contributed by atoms with E-state index in [0.29, 0.717) is 10.7 Å². The second kappa shape index (κ2) is 7.35. The van der Waals surface area contributed by atoms with Gasteiger partial charge in [-0.15, -0.1) is 0 Å². The Morgan fingerprint density at radius 3 is 2.56 bits per heavy atom. The van der Waals surface area contributed by atoms with Gasteiger partial charge in [-0.2, -0.15) is 0 Å². The van der Waals surface area contributed by atoms with Crippen LogP contribution in [-0.4, -0.2) is 26.9 Å². The number of amides is 1. The lowest BCUT2D eigenvalue weighted by molar-refractivity contribution is -0.117. The number of aromatic hydroxyl groups is 1. The van der Waals surface area contributed by atoms with Gasteiger partial charge in [0.15, 0.2) is 16.7 Å². The quantitative estimate of drug-likeness (QED) is 0.428. The van der Waals surface area contributed by atoms with Crippen LogP contribution in [0.4, 0.5) is 5.13 Å². The third-order valence-corrected chi connectivity index (χ3v) is 6.43. The first-order valence-corrected chi connectivity index (χ1v) is 10.7. The topological polar surface area (TPSA) is 104 Å². The number of nitrogens with zero attached hydrogens (tertiary/aromatic N) is 2. The van der Waals surface area contributed by atoms with E-state index in [-0.39, 0.29) is 17.1 Å². The summed E-state index contributed by atoms with van der Waals surface area (Å²) in [6.45, 7) is 3.93. The van der Waals surface area contributed by atoms with Crippen LogP contribution in [0, 0.1) is 13.8 Å². The summed E-state index contributed by atoms with van der Waals surface area (Å²) >= 11 is 1.31. The van der Waals surface area contributed by atoms with Crippen LogP contribution < -0.4 is 4.90 Å². The highest BCUT2D eigenvalue weighted by Gasteiger charge is 2.46. The standard InChI is InChI=1S/C24H18N2O5S/c1-12-10-13(2)19-17(11-12)32-24(25-19)26-20(14-5-7-15(27)8-6-14)18(22(29)23(26)30)21(28)16-4-3-9-31-16/h3-11,20,27,29H,1-2H3/t20-/m0/s1. The number of carbonyl (C=O) groups excluding carboxylic acids is 2. The van der Waals surface area contributed by atoms with Gasteiger partial charge in [-0.3, -0.25) is 14.5 Å². The molecule has 160 valence electrons. The van der Waals surface area contributed by atoms with Gasteiger partial charge < -0.3 is 14.6 Å². The molecule has 1 aliphatic heterocycles. The van der Waals surface area contributed by atoms with E-state index in [2.05, 4.69) is 4.98 Å². The van der Waals surface area contributed by atoms with E-state index in [0.717, 1.165) is 21.3 Å². The minimum absolute atomic E-state index is 0.0146. The molecular weight excluding hydrogens is 428 g/mol. The number of phenolic OH excluding ortho intramolecular Hbond substituents is 1. The molecular formula is C24H18N2O5S. The molecule has 4 aromatic rings. The molecule has 0 bridgehead atoms. The number of anilines is 1. The summed E-state index contributed by atoms with van der Waals surface area (Å²) in [5.41, 5.74) is 3.25. The van der Waals surface area contributed by atoms with Crippen molar-refractivity contribution in [3.63, 3.8) is 0 Å². The summed E-state index contributed by atoms with van der Waals surface area (Å²) < 4.78 is 6.14. The fourth-order valence-corrected chi connectivity index (χ4v) is 5.18. The van der Waals surface area contributed by atoms with Crippen LogP contribution in [-0.2, 0) is 4.79 Å². The molecule has 3 heterocycles. The van der Waals surface area contributed by atoms with Crippen molar-refractivity contribution < 1.29 is 24.2 Å². The van der Waals surface area contributed by atoms with Gasteiger partial charge in [0.2, 0.25) is 5.78 Å². The number of aliphatic hydroxyl groups is 1. The lowest BCUT2D eigenvalue weighted by atomic mass is 9.95. The second-order valence-corrected chi connectivity index (χ2v) is 8.67. The fraction of sp³-hybridized carbons (Fsp3) is 0.125. The number of fused-ring (bicyclic) bond motifs is 1. The molecule has 1 atom stereocenters. The second-order valence-electron chi connectivity index (χ2n) is 7.66. The number of aromatic nitrogens is 1. The highest BCUT2D eigenvalue weighted by molar-refractivity contribution is 7.22. The molecule has 0 spiro atoms. The highest BCUT2D eigenvalue weighted by Crippen LogP contribution is 2.44. The van der Waals surface area contributed by atoms with Crippen molar-refractivity contribution >= 4 is 38.4 Å². The van der Waals surface area contributed by atoms with Crippen molar-refractivity contribution in [2.45, 2.75) is 19.9 Å². The van der Waals surface area contributed by atoms with Crippen LogP contribution in [0.1, 0.15) is 33.3 Å². The number of furan rings is 1. The minimum Gasteiger partial charge on any atom is -0.508 e. The van der Waals surface area contributed by atoms with Crippen LogP contribution >= 0.6 is 11.3 Å². The maximum absolute atomic E-state index is 13.2. The first-order chi connectivity index (χ1) is 15.3. The van der Waals surface area contributed by atoms with Crippen molar-refractivity contribution in [2.24, 2.45) is 0 Å². The lowest BCUT2D eigenvalue weighted by Crippen LogP contribution is -2.30. The Hall–Kier alpha value is -3.91. The Morgan fingerprint density at radius 1 is 1.12 bits per heavy atom. The molecule has 2 aromatic carbocycles. The van der Waals surface area contributed by atoms with Gasteiger partial charge in [0.1, 0.15) is 5.75 Å².